The molecule has 0 radical (unpaired) electrons. The summed E-state index contributed by atoms with van der Waals surface area (Å²) in [6.07, 6.45) is 0. The van der Waals surface area contributed by atoms with E-state index in [0.29, 0.717) is 5.56 Å². The van der Waals surface area contributed by atoms with Crippen molar-refractivity contribution in [1.29, 1.82) is 0 Å². The second-order valence-corrected chi connectivity index (χ2v) is 5.54. The lowest BCUT2D eigenvalue weighted by Crippen LogP contribution is -2.29. The van der Waals surface area contributed by atoms with Crippen molar-refractivity contribution in [2.45, 2.75) is 6.92 Å². The number of esters is 1. The van der Waals surface area contributed by atoms with E-state index >= 15 is 0 Å². The lowest BCUT2D eigenvalue weighted by molar-refractivity contribution is -0.384. The topological polar surface area (TPSA) is 128 Å². The number of hydrogen-bond acceptors (Lipinski definition) is 6. The fraction of sp³-hybridized carbons (Fsp3) is 0.118. The number of amides is 2. The number of ether oxygens (including phenoxy) is 1. The first-order chi connectivity index (χ1) is 12.8. The molecule has 0 aliphatic carbocycles. The van der Waals surface area contributed by atoms with Gasteiger partial charge >= 0.3 is 17.8 Å². The fourth-order valence-corrected chi connectivity index (χ4v) is 2.20. The monoisotopic (exact) mass is 391 g/mol. The van der Waals surface area contributed by atoms with E-state index in [1.54, 1.807) is 6.92 Å². The van der Waals surface area contributed by atoms with Gasteiger partial charge in [0.2, 0.25) is 0 Å². The number of nitro groups is 1. The van der Waals surface area contributed by atoms with Gasteiger partial charge in [0, 0.05) is 17.4 Å². The molecular formula is C17H14ClN3O6. The molecule has 0 bridgehead atoms. The molecule has 0 unspecified atom stereocenters. The Labute approximate surface area is 158 Å². The van der Waals surface area contributed by atoms with Crippen LogP contribution in [-0.2, 0) is 14.3 Å². The molecule has 140 valence electrons. The average molecular weight is 392 g/mol. The standard InChI is InChI=1S/C17H14ClN3O6/c1-2-27-17(24)10-3-5-11(6-4-10)19-15(22)16(23)20-12-7-8-13(18)14(9-12)21(25)26/h3-9H,2H2,1H3,(H,19,22)(H,20,23). The molecule has 0 saturated heterocycles. The maximum atomic E-state index is 11.9. The maximum absolute atomic E-state index is 11.9. The maximum Gasteiger partial charge on any atom is 0.338 e. The van der Waals surface area contributed by atoms with Gasteiger partial charge in [-0.05, 0) is 43.3 Å². The summed E-state index contributed by atoms with van der Waals surface area (Å²) >= 11 is 5.69. The van der Waals surface area contributed by atoms with Gasteiger partial charge in [-0.2, -0.15) is 0 Å². The SMILES string of the molecule is CCOC(=O)c1ccc(NC(=O)C(=O)Nc2ccc(Cl)c([N+](=O)[O-])c2)cc1. The smallest absolute Gasteiger partial charge is 0.338 e. The van der Waals surface area contributed by atoms with Crippen molar-refractivity contribution in [2.24, 2.45) is 0 Å². The fourth-order valence-electron chi connectivity index (χ4n) is 2.01. The molecule has 2 aromatic rings. The number of rotatable bonds is 5. The van der Waals surface area contributed by atoms with Crippen molar-refractivity contribution in [2.75, 3.05) is 17.2 Å². The van der Waals surface area contributed by atoms with Gasteiger partial charge in [0.25, 0.3) is 5.69 Å². The molecule has 0 aromatic heterocycles. The quantitative estimate of drug-likeness (QED) is 0.349. The summed E-state index contributed by atoms with van der Waals surface area (Å²) in [7, 11) is 0. The van der Waals surface area contributed by atoms with Crippen LogP contribution < -0.4 is 10.6 Å². The third kappa shape index (κ3) is 5.25. The van der Waals surface area contributed by atoms with Gasteiger partial charge < -0.3 is 15.4 Å². The van der Waals surface area contributed by atoms with E-state index in [4.69, 9.17) is 16.3 Å². The van der Waals surface area contributed by atoms with Crippen LogP contribution in [0.5, 0.6) is 0 Å². The first-order valence-corrected chi connectivity index (χ1v) is 8.03. The van der Waals surface area contributed by atoms with Gasteiger partial charge in [-0.25, -0.2) is 4.79 Å². The van der Waals surface area contributed by atoms with Gasteiger partial charge in [-0.15, -0.1) is 0 Å². The third-order valence-corrected chi connectivity index (χ3v) is 3.58. The summed E-state index contributed by atoms with van der Waals surface area (Å²) in [5, 5.41) is 15.3. The molecule has 2 amide bonds. The number of benzene rings is 2. The van der Waals surface area contributed by atoms with E-state index in [-0.39, 0.29) is 23.0 Å². The molecule has 0 saturated carbocycles. The van der Waals surface area contributed by atoms with Crippen molar-refractivity contribution in [3.63, 3.8) is 0 Å². The Kier molecular flexibility index (Phi) is 6.45. The highest BCUT2D eigenvalue weighted by molar-refractivity contribution is 6.43. The molecule has 0 fully saturated rings. The van der Waals surface area contributed by atoms with E-state index in [0.717, 1.165) is 6.07 Å². The molecule has 10 heteroatoms. The highest BCUT2D eigenvalue weighted by Gasteiger charge is 2.18. The van der Waals surface area contributed by atoms with Crippen molar-refractivity contribution in [3.8, 4) is 0 Å². The first-order valence-electron chi connectivity index (χ1n) is 7.65. The zero-order valence-electron chi connectivity index (χ0n) is 14.0. The number of nitrogens with one attached hydrogen (secondary N) is 2. The molecule has 0 spiro atoms. The number of hydrogen-bond donors (Lipinski definition) is 2. The van der Waals surface area contributed by atoms with Crippen LogP contribution in [0.25, 0.3) is 0 Å². The zero-order chi connectivity index (χ0) is 20.0. The predicted octanol–water partition coefficient (Wildman–Crippen LogP) is 3.00. The molecule has 2 N–H and O–H groups in total. The number of halogens is 1. The predicted molar refractivity (Wildman–Crippen MR) is 97.8 cm³/mol. The van der Waals surface area contributed by atoms with Crippen molar-refractivity contribution < 1.29 is 24.0 Å². The van der Waals surface area contributed by atoms with Gasteiger partial charge in [-0.1, -0.05) is 11.6 Å². The average Bonchev–Trinajstić information content (AvgIpc) is 2.63. The van der Waals surface area contributed by atoms with Crippen LogP contribution in [0.15, 0.2) is 42.5 Å². The van der Waals surface area contributed by atoms with Crippen LogP contribution in [0.4, 0.5) is 17.1 Å². The van der Waals surface area contributed by atoms with E-state index in [2.05, 4.69) is 10.6 Å². The Bertz CT molecular complexity index is 898. The number of nitro benzene ring substituents is 1. The summed E-state index contributed by atoms with van der Waals surface area (Å²) in [4.78, 5) is 45.6. The Hall–Kier alpha value is -3.46. The second-order valence-electron chi connectivity index (χ2n) is 5.13. The van der Waals surface area contributed by atoms with Crippen molar-refractivity contribution in [3.05, 3.63) is 63.2 Å². The van der Waals surface area contributed by atoms with E-state index < -0.39 is 28.4 Å². The Morgan fingerprint density at radius 3 is 2.15 bits per heavy atom. The zero-order valence-corrected chi connectivity index (χ0v) is 14.8. The van der Waals surface area contributed by atoms with Crippen LogP contribution in [0.2, 0.25) is 5.02 Å². The molecule has 2 aromatic carbocycles. The summed E-state index contributed by atoms with van der Waals surface area (Å²) < 4.78 is 4.84. The summed E-state index contributed by atoms with van der Waals surface area (Å²) in [6.45, 7) is 1.92. The molecule has 0 heterocycles. The van der Waals surface area contributed by atoms with Crippen LogP contribution in [0, 0.1) is 10.1 Å². The molecule has 0 aliphatic rings. The van der Waals surface area contributed by atoms with Crippen molar-refractivity contribution in [1.82, 2.24) is 0 Å². The van der Waals surface area contributed by atoms with E-state index in [1.165, 1.54) is 36.4 Å². The summed E-state index contributed by atoms with van der Waals surface area (Å²) in [5.74, 6) is -2.52. The van der Waals surface area contributed by atoms with Gasteiger partial charge in [0.15, 0.2) is 0 Å². The highest BCUT2D eigenvalue weighted by Crippen LogP contribution is 2.27. The minimum Gasteiger partial charge on any atom is -0.462 e. The van der Waals surface area contributed by atoms with Gasteiger partial charge in [0.05, 0.1) is 17.1 Å². The largest absolute Gasteiger partial charge is 0.462 e. The normalized spacial score (nSPS) is 10.0. The minimum atomic E-state index is -1.03. The summed E-state index contributed by atoms with van der Waals surface area (Å²) in [5.41, 5.74) is 0.228. The molecule has 0 aliphatic heterocycles. The van der Waals surface area contributed by atoms with Crippen LogP contribution >= 0.6 is 11.6 Å². The third-order valence-electron chi connectivity index (χ3n) is 3.26. The Morgan fingerprint density at radius 2 is 1.59 bits per heavy atom. The minimum absolute atomic E-state index is 0.0453. The van der Waals surface area contributed by atoms with E-state index in [9.17, 15) is 24.5 Å². The second kappa shape index (κ2) is 8.77. The van der Waals surface area contributed by atoms with Crippen molar-refractivity contribution >= 4 is 46.4 Å². The van der Waals surface area contributed by atoms with Crippen LogP contribution in [0.3, 0.4) is 0 Å². The van der Waals surface area contributed by atoms with Gasteiger partial charge in [0.1, 0.15) is 5.02 Å². The summed E-state index contributed by atoms with van der Waals surface area (Å²) in [6, 6.07) is 9.36. The van der Waals surface area contributed by atoms with Gasteiger partial charge in [-0.3, -0.25) is 19.7 Å². The molecule has 9 nitrogen and oxygen atoms in total. The molecule has 27 heavy (non-hydrogen) atoms. The lowest BCUT2D eigenvalue weighted by atomic mass is 10.2. The lowest BCUT2D eigenvalue weighted by Gasteiger charge is -2.08. The van der Waals surface area contributed by atoms with Crippen LogP contribution in [-0.4, -0.2) is 29.3 Å². The first kappa shape index (κ1) is 19.9. The Balaban J connectivity index is 2.02. The van der Waals surface area contributed by atoms with E-state index in [1.807, 2.05) is 0 Å². The number of carbonyl (C=O) groups is 3. The number of nitrogens with zero attached hydrogens (tertiary/aromatic N) is 1. The molecule has 2 rings (SSSR count). The number of carbonyl (C=O) groups excluding carboxylic acids is 3. The number of anilines is 2. The Morgan fingerprint density at radius 1 is 1.04 bits per heavy atom. The molecule has 0 atom stereocenters. The highest BCUT2D eigenvalue weighted by atomic mass is 35.5. The molecular weight excluding hydrogens is 378 g/mol. The van der Waals surface area contributed by atoms with Crippen LogP contribution in [0.1, 0.15) is 17.3 Å².